The largest absolute Gasteiger partial charge is 1.00 e. The molecular weight excluding hydrogens is 389 g/mol. The van der Waals surface area contributed by atoms with Gasteiger partial charge in [-0.05, 0) is 12.1 Å². The van der Waals surface area contributed by atoms with Crippen LogP contribution in [0.15, 0.2) is 18.3 Å². The van der Waals surface area contributed by atoms with E-state index < -0.39 is 0 Å². The summed E-state index contributed by atoms with van der Waals surface area (Å²) in [6.07, 6.45) is 9.87. The van der Waals surface area contributed by atoms with Gasteiger partial charge in [-0.2, -0.15) is 0 Å². The summed E-state index contributed by atoms with van der Waals surface area (Å²) in [5.74, 6) is 3.70. The second-order valence-electron chi connectivity index (χ2n) is 6.75. The summed E-state index contributed by atoms with van der Waals surface area (Å²) in [5.41, 5.74) is 0.853. The maximum atomic E-state index is 5.45. The van der Waals surface area contributed by atoms with Crippen molar-refractivity contribution in [3.05, 3.63) is 23.9 Å². The zero-order valence-electron chi connectivity index (χ0n) is 12.9. The topological polar surface area (TPSA) is 25.4 Å². The lowest BCUT2D eigenvalue weighted by molar-refractivity contribution is -0.974. The average Bonchev–Trinajstić information content (AvgIpc) is 2.66. The molecule has 0 saturated carbocycles. The number of nitrogens with zero attached hydrogens (tertiary/aromatic N) is 3. The maximum Gasteiger partial charge on any atom is 0.137 e. The van der Waals surface area contributed by atoms with Gasteiger partial charge in [0.25, 0.3) is 0 Å². The van der Waals surface area contributed by atoms with Crippen molar-refractivity contribution in [3.8, 4) is 12.3 Å². The van der Waals surface area contributed by atoms with Crippen LogP contribution in [0.2, 0.25) is 0 Å². The van der Waals surface area contributed by atoms with Crippen LogP contribution in [0.3, 0.4) is 0 Å². The Bertz CT molecular complexity index is 565. The molecule has 4 rings (SSSR count). The molecular formula is C17H22IN3O. The van der Waals surface area contributed by atoms with Crippen LogP contribution in [-0.2, 0) is 4.74 Å². The van der Waals surface area contributed by atoms with Gasteiger partial charge >= 0.3 is 0 Å². The van der Waals surface area contributed by atoms with Gasteiger partial charge in [-0.15, -0.1) is 6.42 Å². The smallest absolute Gasteiger partial charge is 0.137 e. The van der Waals surface area contributed by atoms with Crippen LogP contribution in [0.4, 0.5) is 5.82 Å². The Hall–Kier alpha value is -0.840. The first-order chi connectivity index (χ1) is 10.2. The average molecular weight is 411 g/mol. The third-order valence-corrected chi connectivity index (χ3v) is 5.91. The summed E-state index contributed by atoms with van der Waals surface area (Å²) in [6.45, 7) is 4.09. The van der Waals surface area contributed by atoms with Crippen molar-refractivity contribution in [1.29, 1.82) is 0 Å². The molecule has 0 radical (unpaired) electrons. The van der Waals surface area contributed by atoms with Gasteiger partial charge in [0.2, 0.25) is 0 Å². The number of piperazine rings is 1. The van der Waals surface area contributed by atoms with Crippen molar-refractivity contribution in [2.45, 2.75) is 31.0 Å². The molecule has 118 valence electrons. The van der Waals surface area contributed by atoms with Crippen LogP contribution in [0.5, 0.6) is 0 Å². The number of fused-ring (bicyclic) bond motifs is 2. The van der Waals surface area contributed by atoms with Gasteiger partial charge < -0.3 is 38.1 Å². The van der Waals surface area contributed by atoms with Crippen molar-refractivity contribution in [1.82, 2.24) is 4.98 Å². The van der Waals surface area contributed by atoms with Crippen LogP contribution in [0.25, 0.3) is 0 Å². The number of ether oxygens (including phenoxy) is 1. The van der Waals surface area contributed by atoms with E-state index in [1.807, 2.05) is 6.07 Å². The molecule has 2 bridgehead atoms. The van der Waals surface area contributed by atoms with E-state index in [1.165, 1.54) is 17.3 Å². The van der Waals surface area contributed by atoms with Crippen LogP contribution < -0.4 is 28.9 Å². The SMILES string of the molecule is C#Cc1ccc(N2CC3CCC(C2)[N+]3(C)C2COC2)nc1.[I-]. The van der Waals surface area contributed by atoms with Crippen molar-refractivity contribution in [2.75, 3.05) is 38.3 Å². The molecule has 1 aromatic rings. The van der Waals surface area contributed by atoms with Gasteiger partial charge in [0, 0.05) is 24.6 Å². The van der Waals surface area contributed by atoms with Crippen molar-refractivity contribution >= 4 is 5.82 Å². The zero-order valence-corrected chi connectivity index (χ0v) is 15.1. The van der Waals surface area contributed by atoms with Crippen LogP contribution >= 0.6 is 0 Å². The number of terminal acetylenes is 1. The lowest BCUT2D eigenvalue weighted by Crippen LogP contribution is -3.00. The number of rotatable bonds is 2. The summed E-state index contributed by atoms with van der Waals surface area (Å²) in [5, 5.41) is 0. The van der Waals surface area contributed by atoms with Gasteiger partial charge in [0.05, 0.1) is 20.1 Å². The van der Waals surface area contributed by atoms with Crippen LogP contribution in [-0.4, -0.2) is 60.9 Å². The molecule has 4 nitrogen and oxygen atoms in total. The van der Waals surface area contributed by atoms with E-state index in [2.05, 4.69) is 28.9 Å². The summed E-state index contributed by atoms with van der Waals surface area (Å²) in [7, 11) is 2.45. The van der Waals surface area contributed by atoms with E-state index in [-0.39, 0.29) is 24.0 Å². The first-order valence-corrected chi connectivity index (χ1v) is 7.82. The number of pyridine rings is 1. The van der Waals surface area contributed by atoms with Crippen molar-refractivity contribution < 1.29 is 33.2 Å². The molecule has 0 amide bonds. The van der Waals surface area contributed by atoms with Gasteiger partial charge in [-0.1, -0.05) is 5.92 Å². The fourth-order valence-electron chi connectivity index (χ4n) is 4.34. The lowest BCUT2D eigenvalue weighted by atomic mass is 10.0. The monoisotopic (exact) mass is 411 g/mol. The highest BCUT2D eigenvalue weighted by atomic mass is 127. The second-order valence-corrected chi connectivity index (χ2v) is 6.75. The molecule has 3 aliphatic rings. The van der Waals surface area contributed by atoms with E-state index in [0.29, 0.717) is 18.1 Å². The fourth-order valence-corrected chi connectivity index (χ4v) is 4.34. The summed E-state index contributed by atoms with van der Waals surface area (Å²) in [4.78, 5) is 6.99. The number of likely N-dealkylation sites (N-methyl/N-ethyl adjacent to an activating group) is 1. The third kappa shape index (κ3) is 2.32. The Labute approximate surface area is 149 Å². The number of hydrogen-bond acceptors (Lipinski definition) is 3. The molecule has 22 heavy (non-hydrogen) atoms. The molecule has 0 spiro atoms. The fraction of sp³-hybridized carbons (Fsp3) is 0.588. The summed E-state index contributed by atoms with van der Waals surface area (Å²) >= 11 is 0. The Morgan fingerprint density at radius 2 is 1.91 bits per heavy atom. The normalized spacial score (nSPS) is 33.7. The molecule has 2 unspecified atom stereocenters. The summed E-state index contributed by atoms with van der Waals surface area (Å²) < 4.78 is 6.68. The van der Waals surface area contributed by atoms with E-state index in [0.717, 1.165) is 37.7 Å². The Balaban J connectivity index is 0.00000144. The standard InChI is InChI=1S/C17H22N3O.HI/c1-3-13-4-7-17(18-8-13)19-9-14-5-6-15(10-19)20(14,2)16-11-21-12-16;/h1,4,7-8,14-16H,5-6,9-12H2,2H3;1H/q+1;/p-1. The number of anilines is 1. The number of hydrogen-bond donors (Lipinski definition) is 0. The van der Waals surface area contributed by atoms with Gasteiger partial charge in [-0.3, -0.25) is 0 Å². The van der Waals surface area contributed by atoms with E-state index in [4.69, 9.17) is 11.2 Å². The minimum atomic E-state index is 0. The molecule has 3 aliphatic heterocycles. The van der Waals surface area contributed by atoms with E-state index >= 15 is 0 Å². The quantitative estimate of drug-likeness (QED) is 0.329. The molecule has 5 heteroatoms. The van der Waals surface area contributed by atoms with Crippen molar-refractivity contribution in [3.63, 3.8) is 0 Å². The minimum Gasteiger partial charge on any atom is -1.00 e. The lowest BCUT2D eigenvalue weighted by Gasteiger charge is -2.54. The molecule has 0 N–H and O–H groups in total. The number of aromatic nitrogens is 1. The van der Waals surface area contributed by atoms with Crippen LogP contribution in [0, 0.1) is 12.3 Å². The zero-order chi connectivity index (χ0) is 14.4. The van der Waals surface area contributed by atoms with Gasteiger partial charge in [0.1, 0.15) is 37.2 Å². The predicted molar refractivity (Wildman–Crippen MR) is 82.0 cm³/mol. The minimum absolute atomic E-state index is 0. The van der Waals surface area contributed by atoms with E-state index in [9.17, 15) is 0 Å². The van der Waals surface area contributed by atoms with Crippen LogP contribution in [0.1, 0.15) is 18.4 Å². The molecule has 4 heterocycles. The highest BCUT2D eigenvalue weighted by Gasteiger charge is 2.56. The molecule has 2 atom stereocenters. The van der Waals surface area contributed by atoms with Crippen molar-refractivity contribution in [2.24, 2.45) is 0 Å². The van der Waals surface area contributed by atoms with Gasteiger partial charge in [0.15, 0.2) is 0 Å². The van der Waals surface area contributed by atoms with Gasteiger partial charge in [-0.25, -0.2) is 4.98 Å². The summed E-state index contributed by atoms with van der Waals surface area (Å²) in [6, 6.07) is 6.20. The highest BCUT2D eigenvalue weighted by Crippen LogP contribution is 2.41. The Morgan fingerprint density at radius 1 is 1.23 bits per heavy atom. The highest BCUT2D eigenvalue weighted by molar-refractivity contribution is 5.43. The first kappa shape index (κ1) is 16.0. The molecule has 3 saturated heterocycles. The molecule has 0 aromatic carbocycles. The Kier molecular flexibility index (Phi) is 4.36. The third-order valence-electron chi connectivity index (χ3n) is 5.91. The molecule has 0 aliphatic carbocycles. The van der Waals surface area contributed by atoms with E-state index in [1.54, 1.807) is 6.20 Å². The second kappa shape index (κ2) is 5.99. The predicted octanol–water partition coefficient (Wildman–Crippen LogP) is -1.74. The Morgan fingerprint density at radius 3 is 2.36 bits per heavy atom. The first-order valence-electron chi connectivity index (χ1n) is 7.82. The molecule has 3 fully saturated rings. The maximum absolute atomic E-state index is 5.45. The number of halogens is 1. The number of quaternary nitrogens is 1. The molecule has 1 aromatic heterocycles.